The summed E-state index contributed by atoms with van der Waals surface area (Å²) in [5.74, 6) is -1.78. The molecule has 2 aromatic rings. The van der Waals surface area contributed by atoms with Gasteiger partial charge in [0.2, 0.25) is 5.91 Å². The van der Waals surface area contributed by atoms with E-state index in [-0.39, 0.29) is 24.2 Å². The first-order valence-corrected chi connectivity index (χ1v) is 9.12. The van der Waals surface area contributed by atoms with E-state index in [2.05, 4.69) is 20.5 Å². The van der Waals surface area contributed by atoms with Crippen molar-refractivity contribution < 1.29 is 19.5 Å². The SMILES string of the molecule is CNC(=O)C1(CN2C(=O)c3ccccc3C(C(=O)O)C2c2n[nH]c(C)n2)CC1. The van der Waals surface area contributed by atoms with Crippen LogP contribution in [-0.2, 0) is 9.59 Å². The normalized spacial score (nSPS) is 22.5. The molecule has 2 atom stereocenters. The maximum Gasteiger partial charge on any atom is 0.313 e. The van der Waals surface area contributed by atoms with E-state index in [0.29, 0.717) is 29.8 Å². The Morgan fingerprint density at radius 3 is 2.64 bits per heavy atom. The molecule has 1 aromatic carbocycles. The molecular weight excluding hydrogens is 362 g/mol. The predicted octanol–water partition coefficient (Wildman–Crippen LogP) is 1.00. The van der Waals surface area contributed by atoms with Gasteiger partial charge in [-0.1, -0.05) is 18.2 Å². The second-order valence-corrected chi connectivity index (χ2v) is 7.42. The fourth-order valence-electron chi connectivity index (χ4n) is 4.01. The van der Waals surface area contributed by atoms with Gasteiger partial charge in [0.15, 0.2) is 5.82 Å². The molecule has 1 aliphatic heterocycles. The lowest BCUT2D eigenvalue weighted by molar-refractivity contribution is -0.140. The maximum absolute atomic E-state index is 13.3. The van der Waals surface area contributed by atoms with Crippen molar-refractivity contribution in [2.24, 2.45) is 5.41 Å². The van der Waals surface area contributed by atoms with Crippen LogP contribution < -0.4 is 5.32 Å². The fourth-order valence-corrected chi connectivity index (χ4v) is 4.01. The summed E-state index contributed by atoms with van der Waals surface area (Å²) in [7, 11) is 1.56. The molecule has 2 heterocycles. The second-order valence-electron chi connectivity index (χ2n) is 7.42. The zero-order chi connectivity index (χ0) is 20.1. The third-order valence-corrected chi connectivity index (χ3v) is 5.62. The summed E-state index contributed by atoms with van der Waals surface area (Å²) in [5.41, 5.74) is 0.0863. The van der Waals surface area contributed by atoms with Crippen molar-refractivity contribution in [3.05, 3.63) is 47.0 Å². The number of amides is 2. The van der Waals surface area contributed by atoms with Crippen LogP contribution in [0.1, 0.15) is 52.4 Å². The standard InChI is InChI=1S/C19H21N5O4/c1-10-21-15(23-22-10)14-13(17(26)27)11-5-3-4-6-12(11)16(25)24(14)9-19(7-8-19)18(28)20-2/h3-6,13-14H,7-9H2,1-2H3,(H,20,28)(H,26,27)(H,21,22,23). The van der Waals surface area contributed by atoms with E-state index in [0.717, 1.165) is 0 Å². The lowest BCUT2D eigenvalue weighted by Gasteiger charge is -2.40. The molecule has 2 unspecified atom stereocenters. The molecule has 1 saturated carbocycles. The number of nitrogens with zero attached hydrogens (tertiary/aromatic N) is 3. The molecular formula is C19H21N5O4. The summed E-state index contributed by atoms with van der Waals surface area (Å²) in [6.45, 7) is 1.84. The highest BCUT2D eigenvalue weighted by molar-refractivity contribution is 6.00. The molecule has 2 aliphatic rings. The summed E-state index contributed by atoms with van der Waals surface area (Å²) in [6, 6.07) is 5.80. The van der Waals surface area contributed by atoms with E-state index in [1.54, 1.807) is 38.2 Å². The molecule has 9 heteroatoms. The Bertz CT molecular complexity index is 965. The molecule has 1 fully saturated rings. The Labute approximate surface area is 161 Å². The van der Waals surface area contributed by atoms with E-state index in [1.165, 1.54) is 4.90 Å². The number of aliphatic carboxylic acids is 1. The third-order valence-electron chi connectivity index (χ3n) is 5.62. The van der Waals surface area contributed by atoms with Crippen molar-refractivity contribution >= 4 is 17.8 Å². The zero-order valence-corrected chi connectivity index (χ0v) is 15.6. The Balaban J connectivity index is 1.85. The van der Waals surface area contributed by atoms with E-state index in [4.69, 9.17) is 0 Å². The van der Waals surface area contributed by atoms with Crippen LogP contribution >= 0.6 is 0 Å². The van der Waals surface area contributed by atoms with Gasteiger partial charge in [-0.05, 0) is 31.4 Å². The minimum Gasteiger partial charge on any atom is -0.481 e. The van der Waals surface area contributed by atoms with Gasteiger partial charge < -0.3 is 15.3 Å². The van der Waals surface area contributed by atoms with Crippen LogP contribution in [0.25, 0.3) is 0 Å². The van der Waals surface area contributed by atoms with Gasteiger partial charge in [0.1, 0.15) is 17.8 Å². The van der Waals surface area contributed by atoms with Crippen molar-refractivity contribution in [2.45, 2.75) is 31.7 Å². The number of aryl methyl sites for hydroxylation is 1. The van der Waals surface area contributed by atoms with Crippen LogP contribution in [0.4, 0.5) is 0 Å². The molecule has 9 nitrogen and oxygen atoms in total. The van der Waals surface area contributed by atoms with Gasteiger partial charge in [0.25, 0.3) is 5.91 Å². The van der Waals surface area contributed by atoms with Crippen LogP contribution in [-0.4, -0.2) is 56.6 Å². The van der Waals surface area contributed by atoms with Gasteiger partial charge in [0, 0.05) is 19.2 Å². The van der Waals surface area contributed by atoms with Crippen LogP contribution in [0.2, 0.25) is 0 Å². The minimum absolute atomic E-state index is 0.127. The molecule has 1 aliphatic carbocycles. The molecule has 2 amide bonds. The average molecular weight is 383 g/mol. The van der Waals surface area contributed by atoms with E-state index < -0.39 is 23.3 Å². The van der Waals surface area contributed by atoms with Crippen LogP contribution in [0.3, 0.4) is 0 Å². The van der Waals surface area contributed by atoms with Crippen LogP contribution in [0.5, 0.6) is 0 Å². The van der Waals surface area contributed by atoms with Gasteiger partial charge in [-0.3, -0.25) is 19.5 Å². The number of carboxylic acid groups (broad SMARTS) is 1. The highest BCUT2D eigenvalue weighted by Crippen LogP contribution is 2.50. The minimum atomic E-state index is -1.07. The Morgan fingerprint density at radius 1 is 1.36 bits per heavy atom. The lowest BCUT2D eigenvalue weighted by atomic mass is 9.81. The first-order valence-electron chi connectivity index (χ1n) is 9.12. The molecule has 3 N–H and O–H groups in total. The monoisotopic (exact) mass is 383 g/mol. The van der Waals surface area contributed by atoms with Crippen LogP contribution in [0.15, 0.2) is 24.3 Å². The highest BCUT2D eigenvalue weighted by atomic mass is 16.4. The number of H-pyrrole nitrogens is 1. The first kappa shape index (κ1) is 18.1. The molecule has 0 saturated heterocycles. The molecule has 146 valence electrons. The maximum atomic E-state index is 13.3. The summed E-state index contributed by atoms with van der Waals surface area (Å²) in [4.78, 5) is 43.7. The summed E-state index contributed by atoms with van der Waals surface area (Å²) in [6.07, 6.45) is 1.30. The Morgan fingerprint density at radius 2 is 2.07 bits per heavy atom. The Hall–Kier alpha value is -3.23. The molecule has 4 rings (SSSR count). The van der Waals surface area contributed by atoms with Crippen molar-refractivity contribution in [3.63, 3.8) is 0 Å². The number of nitrogens with one attached hydrogen (secondary N) is 2. The molecule has 0 spiro atoms. The molecule has 0 radical (unpaired) electrons. The number of rotatable bonds is 5. The molecule has 0 bridgehead atoms. The number of aromatic amines is 1. The number of carbonyl (C=O) groups is 3. The average Bonchev–Trinajstić information content (AvgIpc) is 3.35. The Kier molecular flexibility index (Phi) is 4.17. The number of fused-ring (bicyclic) bond motifs is 1. The van der Waals surface area contributed by atoms with Gasteiger partial charge in [0.05, 0.1) is 5.41 Å². The van der Waals surface area contributed by atoms with E-state index in [1.807, 2.05) is 0 Å². The molecule has 28 heavy (non-hydrogen) atoms. The van der Waals surface area contributed by atoms with Crippen molar-refractivity contribution in [2.75, 3.05) is 13.6 Å². The van der Waals surface area contributed by atoms with Gasteiger partial charge >= 0.3 is 5.97 Å². The number of aromatic nitrogens is 3. The number of hydrogen-bond donors (Lipinski definition) is 3. The van der Waals surface area contributed by atoms with Crippen molar-refractivity contribution in [3.8, 4) is 0 Å². The fraction of sp³-hybridized carbons (Fsp3) is 0.421. The quantitative estimate of drug-likeness (QED) is 0.707. The number of benzene rings is 1. The second kappa shape index (κ2) is 6.43. The third kappa shape index (κ3) is 2.74. The highest BCUT2D eigenvalue weighted by Gasteiger charge is 2.55. The smallest absolute Gasteiger partial charge is 0.313 e. The zero-order valence-electron chi connectivity index (χ0n) is 15.6. The summed E-state index contributed by atoms with van der Waals surface area (Å²) < 4.78 is 0. The number of hydrogen-bond acceptors (Lipinski definition) is 5. The van der Waals surface area contributed by atoms with E-state index in [9.17, 15) is 19.5 Å². The first-order chi connectivity index (χ1) is 13.4. The lowest BCUT2D eigenvalue weighted by Crippen LogP contribution is -2.49. The largest absolute Gasteiger partial charge is 0.481 e. The van der Waals surface area contributed by atoms with Crippen molar-refractivity contribution in [1.29, 1.82) is 0 Å². The molecule has 1 aromatic heterocycles. The predicted molar refractivity (Wildman–Crippen MR) is 97.4 cm³/mol. The van der Waals surface area contributed by atoms with Gasteiger partial charge in [-0.2, -0.15) is 5.10 Å². The number of carboxylic acids is 1. The summed E-state index contributed by atoms with van der Waals surface area (Å²) in [5, 5.41) is 19.5. The summed E-state index contributed by atoms with van der Waals surface area (Å²) >= 11 is 0. The topological polar surface area (TPSA) is 128 Å². The van der Waals surface area contributed by atoms with E-state index >= 15 is 0 Å². The van der Waals surface area contributed by atoms with Gasteiger partial charge in [-0.15, -0.1) is 0 Å². The van der Waals surface area contributed by atoms with Crippen LogP contribution in [0, 0.1) is 12.3 Å². The van der Waals surface area contributed by atoms with Crippen molar-refractivity contribution in [1.82, 2.24) is 25.4 Å². The van der Waals surface area contributed by atoms with Gasteiger partial charge in [-0.25, -0.2) is 4.98 Å². The number of carbonyl (C=O) groups excluding carboxylic acids is 2.